The van der Waals surface area contributed by atoms with E-state index >= 15 is 0 Å². The molecule has 0 saturated carbocycles. The van der Waals surface area contributed by atoms with Gasteiger partial charge in [-0.05, 0) is 35.4 Å². The fourth-order valence-corrected chi connectivity index (χ4v) is 7.19. The smallest absolute Gasteiger partial charge is 0.169 e. The van der Waals surface area contributed by atoms with Gasteiger partial charge in [0.05, 0.1) is 39.9 Å². The zero-order chi connectivity index (χ0) is 27.2. The molecule has 0 unspecified atom stereocenters. The van der Waals surface area contributed by atoms with Gasteiger partial charge in [-0.25, -0.2) is 19.5 Å². The highest BCUT2D eigenvalue weighted by molar-refractivity contribution is 8.00. The molecule has 5 aromatic heterocycles. The summed E-state index contributed by atoms with van der Waals surface area (Å²) in [6.45, 7) is 0.540. The third-order valence-electron chi connectivity index (χ3n) is 7.03. The second kappa shape index (κ2) is 10.0. The Balaban J connectivity index is 1.32. The Labute approximate surface area is 243 Å². The van der Waals surface area contributed by atoms with Gasteiger partial charge in [0.2, 0.25) is 0 Å². The first-order chi connectivity index (χ1) is 20.3. The molecule has 8 aromatic rings. The van der Waals surface area contributed by atoms with Gasteiger partial charge in [-0.1, -0.05) is 84.6 Å². The molecule has 8 rings (SSSR count). The van der Waals surface area contributed by atoms with Crippen molar-refractivity contribution in [2.45, 2.75) is 16.6 Å². The van der Waals surface area contributed by atoms with Crippen molar-refractivity contribution in [2.75, 3.05) is 0 Å². The van der Waals surface area contributed by atoms with E-state index in [1.165, 1.54) is 4.70 Å². The number of fused-ring (bicyclic) bond motifs is 4. The van der Waals surface area contributed by atoms with E-state index in [0.29, 0.717) is 12.3 Å². The van der Waals surface area contributed by atoms with Crippen molar-refractivity contribution in [3.8, 4) is 22.4 Å². The van der Waals surface area contributed by atoms with Crippen molar-refractivity contribution >= 4 is 50.0 Å². The van der Waals surface area contributed by atoms with Crippen molar-refractivity contribution in [3.63, 3.8) is 0 Å². The summed E-state index contributed by atoms with van der Waals surface area (Å²) in [5.74, 6) is 2.21. The molecule has 3 aromatic carbocycles. The lowest BCUT2D eigenvalue weighted by Crippen LogP contribution is -2.03. The summed E-state index contributed by atoms with van der Waals surface area (Å²) in [6, 6.07) is 33.0. The minimum absolute atomic E-state index is 0.540. The molecule has 7 nitrogen and oxygen atoms in total. The van der Waals surface area contributed by atoms with Crippen LogP contribution in [-0.2, 0) is 12.3 Å². The van der Waals surface area contributed by atoms with Crippen molar-refractivity contribution in [2.24, 2.45) is 0 Å². The number of hydrogen-bond acceptors (Lipinski definition) is 7. The number of para-hydroxylation sites is 1. The Bertz CT molecular complexity index is 2100. The highest BCUT2D eigenvalue weighted by Gasteiger charge is 2.25. The van der Waals surface area contributed by atoms with Crippen LogP contribution in [0.3, 0.4) is 0 Å². The summed E-state index contributed by atoms with van der Waals surface area (Å²) < 4.78 is 12.0. The van der Waals surface area contributed by atoms with Gasteiger partial charge < -0.3 is 8.98 Å². The van der Waals surface area contributed by atoms with Crippen LogP contribution < -0.4 is 0 Å². The molecule has 0 amide bonds. The molecule has 0 N–H and O–H groups in total. The molecule has 5 heterocycles. The summed E-state index contributed by atoms with van der Waals surface area (Å²) in [5.41, 5.74) is 6.98. The van der Waals surface area contributed by atoms with E-state index in [-0.39, 0.29) is 0 Å². The predicted molar refractivity (Wildman–Crippen MR) is 164 cm³/mol. The van der Waals surface area contributed by atoms with Crippen LogP contribution in [0.15, 0.2) is 118 Å². The van der Waals surface area contributed by atoms with Gasteiger partial charge in [-0.2, -0.15) is 0 Å². The van der Waals surface area contributed by atoms with E-state index in [0.717, 1.165) is 60.5 Å². The van der Waals surface area contributed by atoms with Crippen LogP contribution in [0, 0.1) is 0 Å². The summed E-state index contributed by atoms with van der Waals surface area (Å²) in [5, 5.41) is 5.79. The van der Waals surface area contributed by atoms with Crippen molar-refractivity contribution in [1.29, 1.82) is 0 Å². The first-order valence-corrected chi connectivity index (χ1v) is 15.0. The first-order valence-electron chi connectivity index (χ1n) is 13.2. The number of aromatic nitrogens is 6. The zero-order valence-corrected chi connectivity index (χ0v) is 23.3. The van der Waals surface area contributed by atoms with Gasteiger partial charge in [0.25, 0.3) is 0 Å². The van der Waals surface area contributed by atoms with Gasteiger partial charge in [-0.3, -0.25) is 0 Å². The maximum absolute atomic E-state index is 5.79. The number of thiazole rings is 1. The molecule has 0 aliphatic heterocycles. The molecule has 0 aliphatic carbocycles. The van der Waals surface area contributed by atoms with E-state index in [1.807, 2.05) is 42.5 Å². The number of furan rings is 1. The van der Waals surface area contributed by atoms with E-state index in [9.17, 15) is 0 Å². The Morgan fingerprint density at radius 1 is 0.780 bits per heavy atom. The van der Waals surface area contributed by atoms with E-state index < -0.39 is 0 Å². The van der Waals surface area contributed by atoms with Crippen molar-refractivity contribution in [3.05, 3.63) is 121 Å². The Morgan fingerprint density at radius 2 is 1.56 bits per heavy atom. The Kier molecular flexibility index (Phi) is 5.89. The minimum atomic E-state index is 0.540. The Hall–Kier alpha value is -4.73. The first kappa shape index (κ1) is 24.1. The highest BCUT2D eigenvalue weighted by Crippen LogP contribution is 2.42. The maximum Gasteiger partial charge on any atom is 0.169 e. The second-order valence-corrected chi connectivity index (χ2v) is 11.8. The summed E-state index contributed by atoms with van der Waals surface area (Å²) in [7, 11) is 0. The lowest BCUT2D eigenvalue weighted by Gasteiger charge is -2.11. The molecule has 0 radical (unpaired) electrons. The van der Waals surface area contributed by atoms with Gasteiger partial charge in [0.1, 0.15) is 17.7 Å². The van der Waals surface area contributed by atoms with E-state index in [1.54, 1.807) is 40.2 Å². The van der Waals surface area contributed by atoms with Gasteiger partial charge >= 0.3 is 0 Å². The largest absolute Gasteiger partial charge is 0.467 e. The fourth-order valence-electron chi connectivity index (χ4n) is 5.27. The number of thioether (sulfide) groups is 1. The molecule has 41 heavy (non-hydrogen) atoms. The third kappa shape index (κ3) is 4.30. The second-order valence-electron chi connectivity index (χ2n) is 9.60. The summed E-state index contributed by atoms with van der Waals surface area (Å²) >= 11 is 3.35. The highest BCUT2D eigenvalue weighted by atomic mass is 32.2. The molecule has 0 spiro atoms. The number of benzene rings is 3. The average molecular weight is 571 g/mol. The molecule has 0 bridgehead atoms. The lowest BCUT2D eigenvalue weighted by molar-refractivity contribution is 0.497. The topological polar surface area (TPSA) is 74.0 Å². The maximum atomic E-state index is 5.79. The Morgan fingerprint density at radius 3 is 2.34 bits per heavy atom. The van der Waals surface area contributed by atoms with Crippen molar-refractivity contribution in [1.82, 2.24) is 29.1 Å². The third-order valence-corrected chi connectivity index (χ3v) is 9.20. The lowest BCUT2D eigenvalue weighted by atomic mass is 9.99. The average Bonchev–Trinajstić information content (AvgIpc) is 3.82. The number of hydrogen-bond donors (Lipinski definition) is 0. The molecule has 0 fully saturated rings. The SMILES string of the molecule is c1ccc(-c2c(-c3ccccc3)n(Cc3ccco3)c3ncn4nc(CSc5nc6ccccc6s5)nc4c23)cc1. The van der Waals surface area contributed by atoms with Gasteiger partial charge in [-0.15, -0.1) is 16.4 Å². The fraction of sp³-hybridized carbons (Fsp3) is 0.0625. The molecular formula is C32H22N6OS2. The number of nitrogens with zero attached hydrogens (tertiary/aromatic N) is 6. The standard InChI is InChI=1S/C32H22N6OS2/c1-3-10-21(11-4-1)27-28-30(37(18-23-14-9-17-39-23)29(27)22-12-5-2-6-13-22)33-20-38-31(28)35-26(36-38)19-40-32-34-24-15-7-8-16-25(24)41-32/h1-17,20H,18-19H2. The minimum Gasteiger partial charge on any atom is -0.467 e. The normalized spacial score (nSPS) is 11.7. The summed E-state index contributed by atoms with van der Waals surface area (Å²) in [6.07, 6.45) is 3.47. The van der Waals surface area contributed by atoms with E-state index in [4.69, 9.17) is 24.5 Å². The van der Waals surface area contributed by atoms with Crippen LogP contribution in [-0.4, -0.2) is 29.1 Å². The molecule has 0 atom stereocenters. The van der Waals surface area contributed by atoms with Crippen LogP contribution in [0.5, 0.6) is 0 Å². The molecule has 9 heteroatoms. The molecule has 0 saturated heterocycles. The van der Waals surface area contributed by atoms with Gasteiger partial charge in [0, 0.05) is 5.56 Å². The molecule has 0 aliphatic rings. The van der Waals surface area contributed by atoms with Crippen LogP contribution in [0.2, 0.25) is 0 Å². The predicted octanol–water partition coefficient (Wildman–Crippen LogP) is 7.96. The van der Waals surface area contributed by atoms with E-state index in [2.05, 4.69) is 59.2 Å². The van der Waals surface area contributed by atoms with Gasteiger partial charge in [0.15, 0.2) is 15.8 Å². The van der Waals surface area contributed by atoms with Crippen LogP contribution >= 0.6 is 23.1 Å². The van der Waals surface area contributed by atoms with Crippen LogP contribution in [0.1, 0.15) is 11.6 Å². The zero-order valence-electron chi connectivity index (χ0n) is 21.7. The van der Waals surface area contributed by atoms with Crippen molar-refractivity contribution < 1.29 is 4.42 Å². The molecular weight excluding hydrogens is 549 g/mol. The van der Waals surface area contributed by atoms with Crippen LogP contribution in [0.25, 0.3) is 49.3 Å². The molecule has 198 valence electrons. The van der Waals surface area contributed by atoms with Crippen LogP contribution in [0.4, 0.5) is 0 Å². The number of rotatable bonds is 7. The monoisotopic (exact) mass is 570 g/mol. The quantitative estimate of drug-likeness (QED) is 0.181. The summed E-state index contributed by atoms with van der Waals surface area (Å²) in [4.78, 5) is 14.8.